The Labute approximate surface area is 135 Å². The third kappa shape index (κ3) is 2.51. The molecule has 2 heterocycles. The summed E-state index contributed by atoms with van der Waals surface area (Å²) in [6.45, 7) is 4.29. The minimum Gasteiger partial charge on any atom is -0.493 e. The molecule has 6 nitrogen and oxygen atoms in total. The highest BCUT2D eigenvalue weighted by Gasteiger charge is 2.47. The first-order chi connectivity index (χ1) is 10.9. The molecule has 1 fully saturated rings. The zero-order valence-corrected chi connectivity index (χ0v) is 14.0. The number of ether oxygens (including phenoxy) is 3. The molecule has 2 aliphatic heterocycles. The molecular formula is C17H23NO5. The molecule has 0 unspecified atom stereocenters. The van der Waals surface area contributed by atoms with E-state index in [4.69, 9.17) is 14.2 Å². The van der Waals surface area contributed by atoms with Crippen LogP contribution >= 0.6 is 0 Å². The molecule has 3 rings (SSSR count). The first-order valence-corrected chi connectivity index (χ1v) is 7.81. The van der Waals surface area contributed by atoms with Crippen LogP contribution in [0.4, 0.5) is 0 Å². The molecule has 0 spiro atoms. The van der Waals surface area contributed by atoms with Gasteiger partial charge in [-0.15, -0.1) is 0 Å². The second-order valence-corrected chi connectivity index (χ2v) is 6.53. The van der Waals surface area contributed by atoms with Crippen LogP contribution in [-0.4, -0.2) is 48.4 Å². The summed E-state index contributed by atoms with van der Waals surface area (Å²) in [5.41, 5.74) is -0.0510. The van der Waals surface area contributed by atoms with E-state index in [-0.39, 0.29) is 5.91 Å². The monoisotopic (exact) mass is 321 g/mol. The van der Waals surface area contributed by atoms with E-state index < -0.39 is 17.7 Å². The highest BCUT2D eigenvalue weighted by atomic mass is 16.5. The van der Waals surface area contributed by atoms with Crippen molar-refractivity contribution in [2.24, 2.45) is 0 Å². The van der Waals surface area contributed by atoms with Crippen LogP contribution in [0.3, 0.4) is 0 Å². The Balaban J connectivity index is 2.14. The molecule has 0 aromatic heterocycles. The third-order valence-corrected chi connectivity index (χ3v) is 4.66. The Kier molecular flexibility index (Phi) is 3.88. The number of aliphatic hydroxyl groups is 1. The standard InChI is InChI=1S/C17H23NO5/c1-17(2)16(20)15(18-7-5-6-14(18)19)10-8-12(21-3)13(22-4)9-11(10)23-17/h8-9,15-16,20H,5-7H2,1-4H3/t15-,16+/m1/s1. The van der Waals surface area contributed by atoms with E-state index in [0.29, 0.717) is 30.2 Å². The molecule has 2 atom stereocenters. The Bertz CT molecular complexity index is 628. The van der Waals surface area contributed by atoms with Crippen molar-refractivity contribution in [2.45, 2.75) is 44.4 Å². The SMILES string of the molecule is COc1cc2c(cc1OC)[C@@H](N1CCCC1=O)[C@H](O)C(C)(C)O2. The molecule has 1 amide bonds. The smallest absolute Gasteiger partial charge is 0.223 e. The molecule has 0 saturated carbocycles. The molecule has 0 radical (unpaired) electrons. The van der Waals surface area contributed by atoms with Crippen LogP contribution in [-0.2, 0) is 4.79 Å². The highest BCUT2D eigenvalue weighted by Crippen LogP contribution is 2.48. The van der Waals surface area contributed by atoms with Crippen LogP contribution in [0.15, 0.2) is 12.1 Å². The van der Waals surface area contributed by atoms with E-state index in [0.717, 1.165) is 12.0 Å². The lowest BCUT2D eigenvalue weighted by Crippen LogP contribution is -2.53. The molecule has 0 bridgehead atoms. The lowest BCUT2D eigenvalue weighted by molar-refractivity contribution is -0.139. The highest BCUT2D eigenvalue weighted by molar-refractivity contribution is 5.79. The quantitative estimate of drug-likeness (QED) is 0.921. The van der Waals surface area contributed by atoms with Crippen molar-refractivity contribution in [1.82, 2.24) is 4.90 Å². The zero-order chi connectivity index (χ0) is 16.8. The number of benzene rings is 1. The number of carbonyl (C=O) groups excluding carboxylic acids is 1. The summed E-state index contributed by atoms with van der Waals surface area (Å²) in [5.74, 6) is 1.79. The third-order valence-electron chi connectivity index (χ3n) is 4.66. The van der Waals surface area contributed by atoms with Gasteiger partial charge in [0.15, 0.2) is 11.5 Å². The number of nitrogens with zero attached hydrogens (tertiary/aromatic N) is 1. The number of aliphatic hydroxyl groups excluding tert-OH is 1. The Morgan fingerprint density at radius 1 is 1.26 bits per heavy atom. The predicted octanol–water partition coefficient (Wildman–Crippen LogP) is 1.90. The number of hydrogen-bond donors (Lipinski definition) is 1. The normalized spacial score (nSPS) is 25.8. The Morgan fingerprint density at radius 3 is 2.48 bits per heavy atom. The van der Waals surface area contributed by atoms with Gasteiger partial charge in [0.2, 0.25) is 5.91 Å². The Hall–Kier alpha value is -1.95. The molecule has 6 heteroatoms. The van der Waals surface area contributed by atoms with Gasteiger partial charge in [0.25, 0.3) is 0 Å². The van der Waals surface area contributed by atoms with Crippen molar-refractivity contribution >= 4 is 5.91 Å². The van der Waals surface area contributed by atoms with E-state index in [2.05, 4.69) is 0 Å². The largest absolute Gasteiger partial charge is 0.493 e. The number of methoxy groups -OCH3 is 2. The number of fused-ring (bicyclic) bond motifs is 1. The van der Waals surface area contributed by atoms with E-state index in [1.807, 2.05) is 13.8 Å². The van der Waals surface area contributed by atoms with Crippen molar-refractivity contribution in [2.75, 3.05) is 20.8 Å². The van der Waals surface area contributed by atoms with Gasteiger partial charge in [-0.3, -0.25) is 4.79 Å². The number of likely N-dealkylation sites (tertiary alicyclic amines) is 1. The molecule has 0 aliphatic carbocycles. The average Bonchev–Trinajstić information content (AvgIpc) is 2.93. The molecule has 23 heavy (non-hydrogen) atoms. The van der Waals surface area contributed by atoms with Crippen molar-refractivity contribution in [3.05, 3.63) is 17.7 Å². The maximum Gasteiger partial charge on any atom is 0.223 e. The van der Waals surface area contributed by atoms with Gasteiger partial charge in [0.05, 0.1) is 20.3 Å². The van der Waals surface area contributed by atoms with Crippen molar-refractivity contribution in [3.8, 4) is 17.2 Å². The van der Waals surface area contributed by atoms with Crippen LogP contribution in [0, 0.1) is 0 Å². The van der Waals surface area contributed by atoms with Crippen LogP contribution in [0.2, 0.25) is 0 Å². The zero-order valence-electron chi connectivity index (χ0n) is 14.0. The molecule has 1 aromatic carbocycles. The minimum absolute atomic E-state index is 0.0625. The lowest BCUT2D eigenvalue weighted by Gasteiger charge is -2.45. The number of hydrogen-bond acceptors (Lipinski definition) is 5. The van der Waals surface area contributed by atoms with Gasteiger partial charge < -0.3 is 24.2 Å². The van der Waals surface area contributed by atoms with E-state index in [9.17, 15) is 9.90 Å². The van der Waals surface area contributed by atoms with Gasteiger partial charge in [-0.25, -0.2) is 0 Å². The lowest BCUT2D eigenvalue weighted by atomic mass is 9.85. The molecular weight excluding hydrogens is 298 g/mol. The molecule has 1 saturated heterocycles. The fourth-order valence-electron chi connectivity index (χ4n) is 3.39. The van der Waals surface area contributed by atoms with Crippen molar-refractivity contribution in [1.29, 1.82) is 0 Å². The van der Waals surface area contributed by atoms with Gasteiger partial charge >= 0.3 is 0 Å². The van der Waals surface area contributed by atoms with Crippen molar-refractivity contribution < 1.29 is 24.1 Å². The minimum atomic E-state index is -0.824. The van der Waals surface area contributed by atoms with Gasteiger partial charge in [-0.2, -0.15) is 0 Å². The van der Waals surface area contributed by atoms with E-state index >= 15 is 0 Å². The summed E-state index contributed by atoms with van der Waals surface area (Å²) in [5, 5.41) is 10.8. The molecule has 126 valence electrons. The van der Waals surface area contributed by atoms with E-state index in [1.54, 1.807) is 31.3 Å². The van der Waals surface area contributed by atoms with Crippen LogP contribution in [0.25, 0.3) is 0 Å². The number of carbonyl (C=O) groups is 1. The second-order valence-electron chi connectivity index (χ2n) is 6.53. The number of rotatable bonds is 3. The van der Waals surface area contributed by atoms with E-state index in [1.165, 1.54) is 0 Å². The maximum absolute atomic E-state index is 12.2. The van der Waals surface area contributed by atoms with Crippen LogP contribution in [0.5, 0.6) is 17.2 Å². The topological polar surface area (TPSA) is 68.2 Å². The predicted molar refractivity (Wildman–Crippen MR) is 83.9 cm³/mol. The first kappa shape index (κ1) is 15.9. The fraction of sp³-hybridized carbons (Fsp3) is 0.588. The van der Waals surface area contributed by atoms with Gasteiger partial charge in [-0.1, -0.05) is 0 Å². The second kappa shape index (κ2) is 5.60. The summed E-state index contributed by atoms with van der Waals surface area (Å²) in [6.07, 6.45) is 0.508. The average molecular weight is 321 g/mol. The van der Waals surface area contributed by atoms with Gasteiger partial charge in [0, 0.05) is 24.6 Å². The van der Waals surface area contributed by atoms with Crippen molar-refractivity contribution in [3.63, 3.8) is 0 Å². The fourth-order valence-corrected chi connectivity index (χ4v) is 3.39. The van der Waals surface area contributed by atoms with Gasteiger partial charge in [-0.05, 0) is 26.3 Å². The summed E-state index contributed by atoms with van der Waals surface area (Å²) in [4.78, 5) is 14.0. The molecule has 2 aliphatic rings. The number of amides is 1. The maximum atomic E-state index is 12.2. The van der Waals surface area contributed by atoms with Gasteiger partial charge in [0.1, 0.15) is 17.5 Å². The summed E-state index contributed by atoms with van der Waals surface area (Å²) >= 11 is 0. The first-order valence-electron chi connectivity index (χ1n) is 7.81. The molecule has 1 N–H and O–H groups in total. The summed E-state index contributed by atoms with van der Waals surface area (Å²) < 4.78 is 16.7. The Morgan fingerprint density at radius 2 is 1.91 bits per heavy atom. The van der Waals surface area contributed by atoms with Crippen LogP contribution in [0.1, 0.15) is 38.3 Å². The molecule has 1 aromatic rings. The summed E-state index contributed by atoms with van der Waals surface area (Å²) in [6, 6.07) is 3.11. The summed E-state index contributed by atoms with van der Waals surface area (Å²) in [7, 11) is 3.12. The van der Waals surface area contributed by atoms with Crippen LogP contribution < -0.4 is 14.2 Å².